The smallest absolute Gasteiger partial charge is 0.166 e. The lowest BCUT2D eigenvalue weighted by atomic mass is 10.1. The van der Waals surface area contributed by atoms with Crippen LogP contribution in [0.4, 0.5) is 0 Å². The van der Waals surface area contributed by atoms with Gasteiger partial charge in [0.05, 0.1) is 20.3 Å². The van der Waals surface area contributed by atoms with Gasteiger partial charge >= 0.3 is 0 Å². The van der Waals surface area contributed by atoms with Crippen molar-refractivity contribution in [3.63, 3.8) is 0 Å². The SMILES string of the molecule is COc1cccc(C(C#N)NCc2cccnc2)c1OC. The van der Waals surface area contributed by atoms with Crippen molar-refractivity contribution in [2.75, 3.05) is 14.2 Å². The minimum Gasteiger partial charge on any atom is -0.493 e. The van der Waals surface area contributed by atoms with Gasteiger partial charge in [0.2, 0.25) is 0 Å². The zero-order valence-electron chi connectivity index (χ0n) is 12.0. The number of nitrogens with zero attached hydrogens (tertiary/aromatic N) is 2. The van der Waals surface area contributed by atoms with Crippen LogP contribution >= 0.6 is 0 Å². The highest BCUT2D eigenvalue weighted by Crippen LogP contribution is 2.34. The molecule has 0 spiro atoms. The Bertz CT molecular complexity index is 623. The molecule has 1 aromatic carbocycles. The molecule has 0 radical (unpaired) electrons. The van der Waals surface area contributed by atoms with Crippen LogP contribution in [0.25, 0.3) is 0 Å². The van der Waals surface area contributed by atoms with Crippen LogP contribution < -0.4 is 14.8 Å². The maximum Gasteiger partial charge on any atom is 0.166 e. The van der Waals surface area contributed by atoms with Crippen molar-refractivity contribution in [3.8, 4) is 17.6 Å². The fourth-order valence-electron chi connectivity index (χ4n) is 2.09. The van der Waals surface area contributed by atoms with E-state index in [-0.39, 0.29) is 0 Å². The van der Waals surface area contributed by atoms with Crippen LogP contribution in [0.2, 0.25) is 0 Å². The number of nitrogens with one attached hydrogen (secondary N) is 1. The lowest BCUT2D eigenvalue weighted by Gasteiger charge is -2.17. The van der Waals surface area contributed by atoms with Gasteiger partial charge in [0.1, 0.15) is 6.04 Å². The van der Waals surface area contributed by atoms with Gasteiger partial charge in [-0.2, -0.15) is 5.26 Å². The lowest BCUT2D eigenvalue weighted by Crippen LogP contribution is -2.20. The number of aromatic nitrogens is 1. The van der Waals surface area contributed by atoms with Gasteiger partial charge in [0.25, 0.3) is 0 Å². The van der Waals surface area contributed by atoms with Crippen LogP contribution in [0, 0.1) is 11.3 Å². The van der Waals surface area contributed by atoms with Crippen molar-refractivity contribution in [1.29, 1.82) is 5.26 Å². The average molecular weight is 283 g/mol. The van der Waals surface area contributed by atoms with Crippen molar-refractivity contribution in [2.24, 2.45) is 0 Å². The summed E-state index contributed by atoms with van der Waals surface area (Å²) < 4.78 is 10.6. The molecule has 2 aromatic rings. The van der Waals surface area contributed by atoms with Crippen LogP contribution in [-0.2, 0) is 6.54 Å². The van der Waals surface area contributed by atoms with E-state index in [2.05, 4.69) is 16.4 Å². The Morgan fingerprint density at radius 1 is 1.24 bits per heavy atom. The molecule has 0 bridgehead atoms. The van der Waals surface area contributed by atoms with Gasteiger partial charge < -0.3 is 9.47 Å². The first-order valence-corrected chi connectivity index (χ1v) is 6.53. The number of ether oxygens (including phenoxy) is 2. The summed E-state index contributed by atoms with van der Waals surface area (Å²) in [7, 11) is 3.14. The van der Waals surface area contributed by atoms with Gasteiger partial charge in [0, 0.05) is 24.5 Å². The molecular formula is C16H17N3O2. The molecule has 1 aromatic heterocycles. The minimum atomic E-state index is -0.491. The second-order valence-electron chi connectivity index (χ2n) is 4.39. The Morgan fingerprint density at radius 3 is 2.71 bits per heavy atom. The number of pyridine rings is 1. The highest BCUT2D eigenvalue weighted by atomic mass is 16.5. The molecule has 2 rings (SSSR count). The first-order chi connectivity index (χ1) is 10.3. The number of hydrogen-bond donors (Lipinski definition) is 1. The van der Waals surface area contributed by atoms with E-state index in [0.29, 0.717) is 18.0 Å². The fourth-order valence-corrected chi connectivity index (χ4v) is 2.09. The standard InChI is InChI=1S/C16H17N3O2/c1-20-15-7-3-6-13(16(15)21-2)14(9-17)19-11-12-5-4-8-18-10-12/h3-8,10,14,19H,11H2,1-2H3. The van der Waals surface area contributed by atoms with Gasteiger partial charge in [-0.1, -0.05) is 18.2 Å². The molecule has 5 nitrogen and oxygen atoms in total. The van der Waals surface area contributed by atoms with Crippen molar-refractivity contribution < 1.29 is 9.47 Å². The molecular weight excluding hydrogens is 266 g/mol. The fraction of sp³-hybridized carbons (Fsp3) is 0.250. The third-order valence-electron chi connectivity index (χ3n) is 3.11. The molecule has 0 aliphatic rings. The number of rotatable bonds is 6. The van der Waals surface area contributed by atoms with E-state index in [1.165, 1.54) is 0 Å². The van der Waals surface area contributed by atoms with E-state index in [4.69, 9.17) is 9.47 Å². The summed E-state index contributed by atoms with van der Waals surface area (Å²) in [6.45, 7) is 0.548. The first kappa shape index (κ1) is 14.8. The third-order valence-corrected chi connectivity index (χ3v) is 3.11. The topological polar surface area (TPSA) is 67.2 Å². The first-order valence-electron chi connectivity index (χ1n) is 6.53. The molecule has 0 saturated carbocycles. The molecule has 5 heteroatoms. The number of benzene rings is 1. The number of para-hydroxylation sites is 1. The summed E-state index contributed by atoms with van der Waals surface area (Å²) in [5, 5.41) is 12.6. The number of methoxy groups -OCH3 is 2. The molecule has 0 aliphatic heterocycles. The van der Waals surface area contributed by atoms with Gasteiger partial charge in [-0.3, -0.25) is 10.3 Å². The molecule has 21 heavy (non-hydrogen) atoms. The Balaban J connectivity index is 2.20. The molecule has 1 heterocycles. The molecule has 0 aliphatic carbocycles. The molecule has 1 unspecified atom stereocenters. The second kappa shape index (κ2) is 7.27. The van der Waals surface area contributed by atoms with Gasteiger partial charge in [-0.25, -0.2) is 0 Å². The van der Waals surface area contributed by atoms with E-state index in [0.717, 1.165) is 11.1 Å². The van der Waals surface area contributed by atoms with Gasteiger partial charge in [-0.15, -0.1) is 0 Å². The highest BCUT2D eigenvalue weighted by Gasteiger charge is 2.18. The normalized spacial score (nSPS) is 11.5. The summed E-state index contributed by atoms with van der Waals surface area (Å²) in [5.74, 6) is 1.18. The summed E-state index contributed by atoms with van der Waals surface area (Å²) >= 11 is 0. The summed E-state index contributed by atoms with van der Waals surface area (Å²) in [4.78, 5) is 4.05. The summed E-state index contributed by atoms with van der Waals surface area (Å²) in [6.07, 6.45) is 3.49. The predicted octanol–water partition coefficient (Wildman–Crippen LogP) is 2.45. The minimum absolute atomic E-state index is 0.491. The van der Waals surface area contributed by atoms with Crippen LogP contribution in [0.1, 0.15) is 17.2 Å². The Hall–Kier alpha value is -2.58. The zero-order valence-corrected chi connectivity index (χ0v) is 12.0. The molecule has 1 N–H and O–H groups in total. The van der Waals surface area contributed by atoms with E-state index in [9.17, 15) is 5.26 Å². The molecule has 0 amide bonds. The molecule has 108 valence electrons. The highest BCUT2D eigenvalue weighted by molar-refractivity contribution is 5.49. The van der Waals surface area contributed by atoms with Crippen molar-refractivity contribution in [2.45, 2.75) is 12.6 Å². The van der Waals surface area contributed by atoms with E-state index in [1.807, 2.05) is 24.3 Å². The number of nitriles is 1. The Kier molecular flexibility index (Phi) is 5.13. The third kappa shape index (κ3) is 3.50. The van der Waals surface area contributed by atoms with E-state index >= 15 is 0 Å². The summed E-state index contributed by atoms with van der Waals surface area (Å²) in [6, 6.07) is 11.1. The van der Waals surface area contributed by atoms with Crippen LogP contribution in [0.15, 0.2) is 42.7 Å². The van der Waals surface area contributed by atoms with E-state index < -0.39 is 6.04 Å². The lowest BCUT2D eigenvalue weighted by molar-refractivity contribution is 0.349. The molecule has 1 atom stereocenters. The maximum absolute atomic E-state index is 9.42. The predicted molar refractivity (Wildman–Crippen MR) is 79.0 cm³/mol. The van der Waals surface area contributed by atoms with Gasteiger partial charge in [-0.05, 0) is 17.7 Å². The van der Waals surface area contributed by atoms with Crippen molar-refractivity contribution >= 4 is 0 Å². The second-order valence-corrected chi connectivity index (χ2v) is 4.39. The summed E-state index contributed by atoms with van der Waals surface area (Å²) in [5.41, 5.74) is 1.77. The van der Waals surface area contributed by atoms with E-state index in [1.54, 1.807) is 32.7 Å². The van der Waals surface area contributed by atoms with Gasteiger partial charge in [0.15, 0.2) is 11.5 Å². The maximum atomic E-state index is 9.42. The zero-order chi connectivity index (χ0) is 15.1. The molecule has 0 saturated heterocycles. The monoisotopic (exact) mass is 283 g/mol. The van der Waals surface area contributed by atoms with Crippen molar-refractivity contribution in [1.82, 2.24) is 10.3 Å². The molecule has 0 fully saturated rings. The Morgan fingerprint density at radius 2 is 2.10 bits per heavy atom. The van der Waals surface area contributed by atoms with Crippen LogP contribution in [0.5, 0.6) is 11.5 Å². The van der Waals surface area contributed by atoms with Crippen LogP contribution in [0.3, 0.4) is 0 Å². The number of hydrogen-bond acceptors (Lipinski definition) is 5. The average Bonchev–Trinajstić information content (AvgIpc) is 2.56. The quantitative estimate of drug-likeness (QED) is 0.882. The van der Waals surface area contributed by atoms with Crippen LogP contribution in [-0.4, -0.2) is 19.2 Å². The van der Waals surface area contributed by atoms with Crippen molar-refractivity contribution in [3.05, 3.63) is 53.9 Å². The Labute approximate surface area is 124 Å². The largest absolute Gasteiger partial charge is 0.493 e.